The standard InChI is InChI=1S/C12H13FN2O5S/c13-10-8-9(2-1-6-16)3-4-11(10)21(18,19)15-5-7-20-12(14)17/h3-4,8,15-16H,5-7H2,(H2,14,17). The van der Waals surface area contributed by atoms with Crippen molar-refractivity contribution in [3.8, 4) is 11.8 Å². The number of benzene rings is 1. The molecule has 7 nitrogen and oxygen atoms in total. The van der Waals surface area contributed by atoms with E-state index in [0.717, 1.165) is 12.1 Å². The summed E-state index contributed by atoms with van der Waals surface area (Å²) in [5.41, 5.74) is 4.94. The van der Waals surface area contributed by atoms with Crippen LogP contribution in [-0.4, -0.2) is 39.4 Å². The first-order valence-electron chi connectivity index (χ1n) is 5.68. The van der Waals surface area contributed by atoms with Gasteiger partial charge in [-0.05, 0) is 18.2 Å². The van der Waals surface area contributed by atoms with Crippen LogP contribution in [0.3, 0.4) is 0 Å². The van der Waals surface area contributed by atoms with Crippen LogP contribution in [0.1, 0.15) is 5.56 Å². The molecule has 0 spiro atoms. The molecule has 0 heterocycles. The summed E-state index contributed by atoms with van der Waals surface area (Å²) < 4.78 is 43.8. The third-order valence-electron chi connectivity index (χ3n) is 2.17. The first-order valence-corrected chi connectivity index (χ1v) is 7.16. The maximum Gasteiger partial charge on any atom is 0.404 e. The second-order valence-corrected chi connectivity index (χ2v) is 5.41. The van der Waals surface area contributed by atoms with Gasteiger partial charge in [-0.3, -0.25) is 0 Å². The van der Waals surface area contributed by atoms with Gasteiger partial charge < -0.3 is 15.6 Å². The molecule has 114 valence electrons. The molecule has 1 rings (SSSR count). The molecule has 1 aromatic rings. The van der Waals surface area contributed by atoms with Crippen molar-refractivity contribution in [3.05, 3.63) is 29.6 Å². The molecule has 0 radical (unpaired) electrons. The molecule has 0 saturated carbocycles. The number of aliphatic hydroxyl groups is 1. The predicted molar refractivity (Wildman–Crippen MR) is 71.1 cm³/mol. The largest absolute Gasteiger partial charge is 0.448 e. The Morgan fingerprint density at radius 3 is 2.76 bits per heavy atom. The molecule has 0 saturated heterocycles. The first-order chi connectivity index (χ1) is 9.86. The summed E-state index contributed by atoms with van der Waals surface area (Å²) >= 11 is 0. The zero-order valence-electron chi connectivity index (χ0n) is 10.8. The van der Waals surface area contributed by atoms with E-state index in [1.54, 1.807) is 0 Å². The van der Waals surface area contributed by atoms with Crippen LogP contribution in [0.15, 0.2) is 23.1 Å². The van der Waals surface area contributed by atoms with Crippen LogP contribution < -0.4 is 10.5 Å². The van der Waals surface area contributed by atoms with Crippen LogP contribution in [0.5, 0.6) is 0 Å². The van der Waals surface area contributed by atoms with Crippen LogP contribution in [0.4, 0.5) is 9.18 Å². The Morgan fingerprint density at radius 2 is 2.19 bits per heavy atom. The summed E-state index contributed by atoms with van der Waals surface area (Å²) in [6.45, 7) is -0.893. The average molecular weight is 316 g/mol. The highest BCUT2D eigenvalue weighted by molar-refractivity contribution is 7.89. The molecule has 9 heteroatoms. The van der Waals surface area contributed by atoms with E-state index in [2.05, 4.69) is 21.3 Å². The van der Waals surface area contributed by atoms with Crippen molar-refractivity contribution in [1.82, 2.24) is 4.72 Å². The molecule has 0 aromatic heterocycles. The van der Waals surface area contributed by atoms with E-state index in [-0.39, 0.29) is 25.3 Å². The van der Waals surface area contributed by atoms with Gasteiger partial charge in [0.2, 0.25) is 10.0 Å². The van der Waals surface area contributed by atoms with E-state index < -0.39 is 26.8 Å². The molecular weight excluding hydrogens is 303 g/mol. The Morgan fingerprint density at radius 1 is 1.48 bits per heavy atom. The Labute approximate surface area is 121 Å². The van der Waals surface area contributed by atoms with Crippen molar-refractivity contribution >= 4 is 16.1 Å². The quantitative estimate of drug-likeness (QED) is 0.502. The van der Waals surface area contributed by atoms with E-state index in [4.69, 9.17) is 10.8 Å². The number of ether oxygens (including phenoxy) is 1. The summed E-state index contributed by atoms with van der Waals surface area (Å²) in [7, 11) is -4.08. The Balaban J connectivity index is 2.81. The van der Waals surface area contributed by atoms with Gasteiger partial charge in [-0.25, -0.2) is 22.3 Å². The lowest BCUT2D eigenvalue weighted by molar-refractivity contribution is 0.159. The molecule has 21 heavy (non-hydrogen) atoms. The van der Waals surface area contributed by atoms with Crippen LogP contribution >= 0.6 is 0 Å². The third kappa shape index (κ3) is 5.39. The van der Waals surface area contributed by atoms with E-state index in [1.165, 1.54) is 6.07 Å². The lowest BCUT2D eigenvalue weighted by Gasteiger charge is -2.07. The molecule has 0 atom stereocenters. The lowest BCUT2D eigenvalue weighted by Crippen LogP contribution is -2.29. The number of halogens is 1. The third-order valence-corrected chi connectivity index (χ3v) is 3.67. The number of sulfonamides is 1. The van der Waals surface area contributed by atoms with Gasteiger partial charge in [-0.15, -0.1) is 0 Å². The van der Waals surface area contributed by atoms with Gasteiger partial charge >= 0.3 is 6.09 Å². The molecule has 0 aliphatic rings. The Bertz CT molecular complexity index is 679. The fourth-order valence-corrected chi connectivity index (χ4v) is 2.41. The average Bonchev–Trinajstić information content (AvgIpc) is 2.41. The number of carbonyl (C=O) groups excluding carboxylic acids is 1. The van der Waals surface area contributed by atoms with Crippen LogP contribution in [0, 0.1) is 17.7 Å². The fourth-order valence-electron chi connectivity index (χ4n) is 1.34. The molecule has 0 fully saturated rings. The Kier molecular flexibility index (Phi) is 6.10. The monoisotopic (exact) mass is 316 g/mol. The van der Waals surface area contributed by atoms with Gasteiger partial charge in [0.15, 0.2) is 0 Å². The van der Waals surface area contributed by atoms with E-state index >= 15 is 0 Å². The number of aliphatic hydroxyl groups excluding tert-OH is 1. The van der Waals surface area contributed by atoms with Gasteiger partial charge in [-0.2, -0.15) is 0 Å². The highest BCUT2D eigenvalue weighted by Crippen LogP contribution is 2.15. The second kappa shape index (κ2) is 7.58. The molecule has 0 aliphatic heterocycles. The maximum absolute atomic E-state index is 13.8. The highest BCUT2D eigenvalue weighted by Gasteiger charge is 2.18. The number of carbonyl (C=O) groups is 1. The van der Waals surface area contributed by atoms with Gasteiger partial charge in [0.05, 0.1) is 0 Å². The number of hydrogen-bond donors (Lipinski definition) is 3. The van der Waals surface area contributed by atoms with Crippen molar-refractivity contribution in [1.29, 1.82) is 0 Å². The first kappa shape index (κ1) is 16.9. The minimum absolute atomic E-state index is 0.234. The lowest BCUT2D eigenvalue weighted by atomic mass is 10.2. The van der Waals surface area contributed by atoms with E-state index in [1.807, 2.05) is 0 Å². The highest BCUT2D eigenvalue weighted by atomic mass is 32.2. The van der Waals surface area contributed by atoms with Crippen molar-refractivity contribution in [2.24, 2.45) is 5.73 Å². The summed E-state index contributed by atoms with van der Waals surface area (Å²) in [4.78, 5) is 9.74. The van der Waals surface area contributed by atoms with Crippen molar-refractivity contribution in [2.45, 2.75) is 4.90 Å². The van der Waals surface area contributed by atoms with Gasteiger partial charge in [0.1, 0.15) is 23.9 Å². The number of rotatable bonds is 5. The number of nitrogens with one attached hydrogen (secondary N) is 1. The maximum atomic E-state index is 13.8. The predicted octanol–water partition coefficient (Wildman–Crippen LogP) is -0.457. The van der Waals surface area contributed by atoms with E-state index in [0.29, 0.717) is 0 Å². The van der Waals surface area contributed by atoms with Crippen LogP contribution in [0.2, 0.25) is 0 Å². The topological polar surface area (TPSA) is 119 Å². The van der Waals surface area contributed by atoms with Gasteiger partial charge in [0, 0.05) is 12.1 Å². The second-order valence-electron chi connectivity index (χ2n) is 3.67. The van der Waals surface area contributed by atoms with E-state index in [9.17, 15) is 17.6 Å². The fraction of sp³-hybridized carbons (Fsp3) is 0.250. The summed E-state index contributed by atoms with van der Waals surface area (Å²) in [6, 6.07) is 3.30. The molecule has 0 unspecified atom stereocenters. The zero-order valence-corrected chi connectivity index (χ0v) is 11.6. The minimum Gasteiger partial charge on any atom is -0.448 e. The summed E-state index contributed by atoms with van der Waals surface area (Å²) in [5, 5.41) is 8.52. The SMILES string of the molecule is NC(=O)OCCNS(=O)(=O)c1ccc(C#CCO)cc1F. The van der Waals surface area contributed by atoms with Crippen molar-refractivity contribution in [3.63, 3.8) is 0 Å². The minimum atomic E-state index is -4.08. The number of nitrogens with two attached hydrogens (primary N) is 1. The number of hydrogen-bond acceptors (Lipinski definition) is 5. The van der Waals surface area contributed by atoms with Gasteiger partial charge in [0.25, 0.3) is 0 Å². The van der Waals surface area contributed by atoms with Gasteiger partial charge in [-0.1, -0.05) is 11.8 Å². The zero-order chi connectivity index (χ0) is 15.9. The molecule has 4 N–H and O–H groups in total. The molecule has 0 bridgehead atoms. The van der Waals surface area contributed by atoms with Crippen LogP contribution in [0.25, 0.3) is 0 Å². The van der Waals surface area contributed by atoms with Crippen molar-refractivity contribution < 1.29 is 27.4 Å². The smallest absolute Gasteiger partial charge is 0.404 e. The number of primary amides is 1. The normalized spacial score (nSPS) is 10.6. The van der Waals surface area contributed by atoms with Crippen molar-refractivity contribution in [2.75, 3.05) is 19.8 Å². The summed E-state index contributed by atoms with van der Waals surface area (Å²) in [5.74, 6) is 3.78. The summed E-state index contributed by atoms with van der Waals surface area (Å²) in [6.07, 6.45) is -1.04. The number of amides is 1. The van der Waals surface area contributed by atoms with Crippen LogP contribution in [-0.2, 0) is 14.8 Å². The molecule has 0 aliphatic carbocycles. The molecular formula is C12H13FN2O5S. The molecule has 1 aromatic carbocycles. The Hall–Kier alpha value is -2.15. The molecule has 1 amide bonds.